The summed E-state index contributed by atoms with van der Waals surface area (Å²) in [6.07, 6.45) is 0.629. The van der Waals surface area contributed by atoms with E-state index in [1.165, 1.54) is 18.4 Å². The van der Waals surface area contributed by atoms with Gasteiger partial charge >= 0.3 is 5.97 Å². The van der Waals surface area contributed by atoms with Gasteiger partial charge in [0.2, 0.25) is 5.91 Å². The molecule has 0 saturated carbocycles. The van der Waals surface area contributed by atoms with Crippen LogP contribution in [0.5, 0.6) is 0 Å². The van der Waals surface area contributed by atoms with Crippen LogP contribution in [0.25, 0.3) is 0 Å². The van der Waals surface area contributed by atoms with Crippen LogP contribution in [0, 0.1) is 12.8 Å². The van der Waals surface area contributed by atoms with Crippen LogP contribution >= 0.6 is 11.3 Å². The highest BCUT2D eigenvalue weighted by molar-refractivity contribution is 7.12. The van der Waals surface area contributed by atoms with E-state index in [2.05, 4.69) is 5.32 Å². The summed E-state index contributed by atoms with van der Waals surface area (Å²) in [7, 11) is 1.33. The minimum Gasteiger partial charge on any atom is -0.465 e. The molecule has 1 fully saturated rings. The van der Waals surface area contributed by atoms with Crippen molar-refractivity contribution in [1.29, 1.82) is 0 Å². The number of carbonyl (C=O) groups is 2. The van der Waals surface area contributed by atoms with Crippen molar-refractivity contribution in [3.05, 3.63) is 15.8 Å². The summed E-state index contributed by atoms with van der Waals surface area (Å²) in [4.78, 5) is 24.3. The third-order valence-electron chi connectivity index (χ3n) is 3.31. The number of thiophene rings is 1. The quantitative estimate of drug-likeness (QED) is 0.864. The number of hydrogen-bond acceptors (Lipinski definition) is 5. The molecular weight excluding hydrogens is 266 g/mol. The van der Waals surface area contributed by atoms with E-state index < -0.39 is 5.97 Å². The molecular formula is C13H17NO4S. The molecule has 1 aromatic rings. The number of aryl methyl sites for hydroxylation is 1. The van der Waals surface area contributed by atoms with Gasteiger partial charge in [-0.2, -0.15) is 0 Å². The molecule has 2 atom stereocenters. The van der Waals surface area contributed by atoms with Crippen molar-refractivity contribution in [3.8, 4) is 0 Å². The van der Waals surface area contributed by atoms with E-state index in [0.29, 0.717) is 23.6 Å². The second-order valence-electron chi connectivity index (χ2n) is 4.57. The summed E-state index contributed by atoms with van der Waals surface area (Å²) in [6, 6.07) is 0. The third-order valence-corrected chi connectivity index (χ3v) is 4.38. The Balaban J connectivity index is 2.16. The lowest BCUT2D eigenvalue weighted by atomic mass is 10.0. The van der Waals surface area contributed by atoms with Crippen molar-refractivity contribution in [3.63, 3.8) is 0 Å². The monoisotopic (exact) mass is 283 g/mol. The number of ether oxygens (including phenoxy) is 2. The minimum atomic E-state index is -0.427. The maximum absolute atomic E-state index is 12.2. The molecule has 0 spiro atoms. The van der Waals surface area contributed by atoms with Gasteiger partial charge in [0.05, 0.1) is 24.8 Å². The van der Waals surface area contributed by atoms with E-state index in [-0.39, 0.29) is 17.9 Å². The van der Waals surface area contributed by atoms with Crippen LogP contribution in [0.3, 0.4) is 0 Å². The van der Waals surface area contributed by atoms with Gasteiger partial charge in [-0.25, -0.2) is 4.79 Å². The summed E-state index contributed by atoms with van der Waals surface area (Å²) >= 11 is 1.27. The van der Waals surface area contributed by atoms with Gasteiger partial charge in [-0.15, -0.1) is 11.3 Å². The molecule has 104 valence electrons. The van der Waals surface area contributed by atoms with Crippen molar-refractivity contribution < 1.29 is 19.1 Å². The highest BCUT2D eigenvalue weighted by Gasteiger charge is 2.32. The molecule has 5 nitrogen and oxygen atoms in total. The molecule has 2 heterocycles. The van der Waals surface area contributed by atoms with Crippen LogP contribution in [0.2, 0.25) is 0 Å². The van der Waals surface area contributed by atoms with Gasteiger partial charge in [0.1, 0.15) is 4.88 Å². The normalized spacial score (nSPS) is 22.3. The van der Waals surface area contributed by atoms with Crippen LogP contribution in [0.15, 0.2) is 5.38 Å². The van der Waals surface area contributed by atoms with E-state index in [9.17, 15) is 9.59 Å². The predicted molar refractivity (Wildman–Crippen MR) is 72.5 cm³/mol. The largest absolute Gasteiger partial charge is 0.465 e. The molecule has 2 unspecified atom stereocenters. The fraction of sp³-hybridized carbons (Fsp3) is 0.538. The molecule has 1 saturated heterocycles. The first-order valence-corrected chi connectivity index (χ1v) is 7.01. The topological polar surface area (TPSA) is 64.6 Å². The van der Waals surface area contributed by atoms with Gasteiger partial charge in [0.15, 0.2) is 0 Å². The number of methoxy groups -OCH3 is 1. The Morgan fingerprint density at radius 2 is 2.26 bits per heavy atom. The lowest BCUT2D eigenvalue weighted by molar-refractivity contribution is -0.121. The maximum Gasteiger partial charge on any atom is 0.350 e. The summed E-state index contributed by atoms with van der Waals surface area (Å²) in [6.45, 7) is 4.35. The SMILES string of the molecule is COC(=O)c1scc(C)c1NC(=O)C1CCOC1C. The zero-order chi connectivity index (χ0) is 14.0. The molecule has 1 aliphatic rings. The maximum atomic E-state index is 12.2. The molecule has 2 rings (SSSR count). The summed E-state index contributed by atoms with van der Waals surface area (Å²) < 4.78 is 10.1. The number of carbonyl (C=O) groups excluding carboxylic acids is 2. The Labute approximate surface area is 115 Å². The second-order valence-corrected chi connectivity index (χ2v) is 5.45. The average molecular weight is 283 g/mol. The fourth-order valence-corrected chi connectivity index (χ4v) is 3.06. The Morgan fingerprint density at radius 1 is 1.53 bits per heavy atom. The van der Waals surface area contributed by atoms with Crippen molar-refractivity contribution in [2.45, 2.75) is 26.4 Å². The molecule has 1 amide bonds. The van der Waals surface area contributed by atoms with E-state index >= 15 is 0 Å². The Kier molecular flexibility index (Phi) is 4.21. The molecule has 19 heavy (non-hydrogen) atoms. The number of hydrogen-bond donors (Lipinski definition) is 1. The van der Waals surface area contributed by atoms with Crippen LogP contribution in [0.1, 0.15) is 28.6 Å². The predicted octanol–water partition coefficient (Wildman–Crippen LogP) is 2.21. The molecule has 1 aliphatic heterocycles. The minimum absolute atomic E-state index is 0.0829. The van der Waals surface area contributed by atoms with E-state index in [4.69, 9.17) is 9.47 Å². The van der Waals surface area contributed by atoms with Gasteiger partial charge in [-0.05, 0) is 31.2 Å². The summed E-state index contributed by atoms with van der Waals surface area (Å²) in [5.41, 5.74) is 1.42. The van der Waals surface area contributed by atoms with Crippen molar-refractivity contribution in [1.82, 2.24) is 0 Å². The Bertz CT molecular complexity index is 497. The van der Waals surface area contributed by atoms with Crippen molar-refractivity contribution in [2.24, 2.45) is 5.92 Å². The number of anilines is 1. The Morgan fingerprint density at radius 3 is 2.84 bits per heavy atom. The molecule has 0 bridgehead atoms. The van der Waals surface area contributed by atoms with Crippen LogP contribution in [-0.2, 0) is 14.3 Å². The smallest absolute Gasteiger partial charge is 0.350 e. The molecule has 0 aliphatic carbocycles. The van der Waals surface area contributed by atoms with Gasteiger partial charge in [0.25, 0.3) is 0 Å². The molecule has 0 aromatic carbocycles. The molecule has 1 N–H and O–H groups in total. The van der Waals surface area contributed by atoms with Gasteiger partial charge in [0, 0.05) is 6.61 Å². The number of amides is 1. The van der Waals surface area contributed by atoms with Crippen LogP contribution < -0.4 is 5.32 Å². The highest BCUT2D eigenvalue weighted by Crippen LogP contribution is 2.30. The third kappa shape index (κ3) is 2.79. The fourth-order valence-electron chi connectivity index (χ4n) is 2.13. The summed E-state index contributed by atoms with van der Waals surface area (Å²) in [5, 5.41) is 4.67. The van der Waals surface area contributed by atoms with Crippen molar-refractivity contribution in [2.75, 3.05) is 19.0 Å². The average Bonchev–Trinajstić information content (AvgIpc) is 2.96. The first kappa shape index (κ1) is 14.0. The Hall–Kier alpha value is -1.40. The standard InChI is InChI=1S/C13H17NO4S/c1-7-6-19-11(13(16)17-3)10(7)14-12(15)9-4-5-18-8(9)2/h6,8-9H,4-5H2,1-3H3,(H,14,15). The van der Waals surface area contributed by atoms with Crippen LogP contribution in [0.4, 0.5) is 5.69 Å². The first-order valence-electron chi connectivity index (χ1n) is 6.13. The second kappa shape index (κ2) is 5.71. The van der Waals surface area contributed by atoms with Gasteiger partial charge in [-0.1, -0.05) is 0 Å². The van der Waals surface area contributed by atoms with Crippen molar-refractivity contribution >= 4 is 28.9 Å². The lowest BCUT2D eigenvalue weighted by Gasteiger charge is -2.14. The number of nitrogens with one attached hydrogen (secondary N) is 1. The van der Waals surface area contributed by atoms with Gasteiger partial charge < -0.3 is 14.8 Å². The first-order chi connectivity index (χ1) is 9.04. The van der Waals surface area contributed by atoms with E-state index in [0.717, 1.165) is 5.56 Å². The van der Waals surface area contributed by atoms with Crippen LogP contribution in [-0.4, -0.2) is 31.7 Å². The van der Waals surface area contributed by atoms with E-state index in [1.54, 1.807) is 0 Å². The lowest BCUT2D eigenvalue weighted by Crippen LogP contribution is -2.28. The molecule has 1 aromatic heterocycles. The molecule has 6 heteroatoms. The zero-order valence-corrected chi connectivity index (χ0v) is 12.0. The zero-order valence-electron chi connectivity index (χ0n) is 11.2. The highest BCUT2D eigenvalue weighted by atomic mass is 32.1. The van der Waals surface area contributed by atoms with Gasteiger partial charge in [-0.3, -0.25) is 4.79 Å². The number of rotatable bonds is 3. The molecule has 0 radical (unpaired) electrons. The summed E-state index contributed by atoms with van der Waals surface area (Å²) in [5.74, 6) is -0.689. The van der Waals surface area contributed by atoms with E-state index in [1.807, 2.05) is 19.2 Å². The number of esters is 1.